The van der Waals surface area contributed by atoms with Crippen molar-refractivity contribution in [2.45, 2.75) is 51.6 Å². The summed E-state index contributed by atoms with van der Waals surface area (Å²) in [6.07, 6.45) is 1.38. The van der Waals surface area contributed by atoms with Gasteiger partial charge in [-0.15, -0.1) is 0 Å². The normalized spacial score (nSPS) is 14.3. The van der Waals surface area contributed by atoms with Crippen LogP contribution in [0.2, 0.25) is 0 Å². The number of ether oxygens (including phenoxy) is 2. The zero-order valence-corrected chi connectivity index (χ0v) is 22.4. The van der Waals surface area contributed by atoms with Gasteiger partial charge in [-0.1, -0.05) is 90.9 Å². The van der Waals surface area contributed by atoms with Crippen LogP contribution in [0.1, 0.15) is 56.0 Å². The van der Waals surface area contributed by atoms with Gasteiger partial charge in [0.1, 0.15) is 17.5 Å². The molecule has 1 fully saturated rings. The second-order valence-electron chi connectivity index (χ2n) is 9.77. The van der Waals surface area contributed by atoms with Crippen molar-refractivity contribution in [2.75, 3.05) is 11.9 Å². The molecule has 1 atom stereocenters. The maximum atomic E-state index is 12.8. The molecule has 5 rings (SSSR count). The number of carbonyl (C=O) groups is 2. The van der Waals surface area contributed by atoms with Gasteiger partial charge in [-0.25, -0.2) is 4.79 Å². The van der Waals surface area contributed by atoms with Crippen LogP contribution in [0.4, 0.5) is 10.5 Å². The summed E-state index contributed by atoms with van der Waals surface area (Å²) in [5.74, 6) is 0.326. The van der Waals surface area contributed by atoms with Crippen molar-refractivity contribution in [3.05, 3.63) is 95.7 Å². The van der Waals surface area contributed by atoms with E-state index in [1.54, 1.807) is 6.92 Å². The minimum absolute atomic E-state index is 0.136. The first-order valence-electron chi connectivity index (χ1n) is 13.3. The lowest BCUT2D eigenvalue weighted by Crippen LogP contribution is -2.23. The molecule has 4 aromatic rings. The highest BCUT2D eigenvalue weighted by Crippen LogP contribution is 2.49. The Hall–Kier alpha value is -4.39. The number of nitrogens with zero attached hydrogens (tertiary/aromatic N) is 1. The van der Waals surface area contributed by atoms with Gasteiger partial charge in [-0.05, 0) is 55.4 Å². The van der Waals surface area contributed by atoms with Gasteiger partial charge in [-0.3, -0.25) is 10.1 Å². The number of carbonyl (C=O) groups excluding carboxylic acids is 2. The molecule has 0 radical (unpaired) electrons. The van der Waals surface area contributed by atoms with E-state index in [2.05, 4.69) is 10.5 Å². The second-order valence-corrected chi connectivity index (χ2v) is 9.77. The van der Waals surface area contributed by atoms with E-state index < -0.39 is 11.5 Å². The number of benzene rings is 3. The largest absolute Gasteiger partial charge is 0.465 e. The molecule has 1 amide bonds. The Labute approximate surface area is 228 Å². The fraction of sp³-hybridized carbons (Fsp3) is 0.281. The van der Waals surface area contributed by atoms with Crippen molar-refractivity contribution in [1.82, 2.24) is 5.16 Å². The van der Waals surface area contributed by atoms with Crippen LogP contribution in [0.5, 0.6) is 0 Å². The fourth-order valence-corrected chi connectivity index (χ4v) is 4.83. The van der Waals surface area contributed by atoms with Gasteiger partial charge in [0.25, 0.3) is 0 Å². The van der Waals surface area contributed by atoms with Crippen LogP contribution >= 0.6 is 0 Å². The van der Waals surface area contributed by atoms with Crippen molar-refractivity contribution < 1.29 is 23.6 Å². The van der Waals surface area contributed by atoms with E-state index in [0.29, 0.717) is 30.2 Å². The number of hydrogen-bond acceptors (Lipinski definition) is 6. The number of aryl methyl sites for hydroxylation is 1. The third kappa shape index (κ3) is 5.43. The van der Waals surface area contributed by atoms with Gasteiger partial charge < -0.3 is 14.0 Å². The summed E-state index contributed by atoms with van der Waals surface area (Å²) in [6, 6.07) is 25.6. The molecule has 0 spiro atoms. The molecule has 1 N–H and O–H groups in total. The maximum absolute atomic E-state index is 12.8. The van der Waals surface area contributed by atoms with Crippen molar-refractivity contribution in [2.24, 2.45) is 0 Å². The molecule has 0 aliphatic heterocycles. The van der Waals surface area contributed by atoms with Crippen LogP contribution in [0.15, 0.2) is 83.4 Å². The van der Waals surface area contributed by atoms with Crippen molar-refractivity contribution in [3.8, 4) is 22.5 Å². The van der Waals surface area contributed by atoms with E-state index in [9.17, 15) is 9.59 Å². The van der Waals surface area contributed by atoms with Crippen LogP contribution in [0.25, 0.3) is 22.5 Å². The minimum Gasteiger partial charge on any atom is -0.465 e. The molecule has 1 unspecified atom stereocenters. The lowest BCUT2D eigenvalue weighted by Gasteiger charge is -2.17. The lowest BCUT2D eigenvalue weighted by atomic mass is 9.93. The molecule has 1 heterocycles. The molecule has 0 saturated heterocycles. The van der Waals surface area contributed by atoms with E-state index >= 15 is 0 Å². The SMILES string of the molecule is CCOC(=O)C1(c2ccc(-c3ccc(-c4onc(C)c4NC(=O)OC(CC)c4ccccc4)cc3)cc2)CC1. The molecular weight excluding hydrogens is 492 g/mol. The molecule has 7 heteroatoms. The summed E-state index contributed by atoms with van der Waals surface area (Å²) in [4.78, 5) is 25.2. The zero-order valence-electron chi connectivity index (χ0n) is 22.4. The molecule has 0 bridgehead atoms. The van der Waals surface area contributed by atoms with E-state index in [1.165, 1.54) is 0 Å². The van der Waals surface area contributed by atoms with Crippen molar-refractivity contribution in [1.29, 1.82) is 0 Å². The molecule has 1 saturated carbocycles. The number of hydrogen-bond donors (Lipinski definition) is 1. The maximum Gasteiger partial charge on any atom is 0.412 e. The van der Waals surface area contributed by atoms with Gasteiger partial charge >= 0.3 is 12.1 Å². The fourth-order valence-electron chi connectivity index (χ4n) is 4.83. The van der Waals surface area contributed by atoms with Crippen LogP contribution in [-0.4, -0.2) is 23.8 Å². The molecule has 39 heavy (non-hydrogen) atoms. The van der Waals surface area contributed by atoms with Gasteiger partial charge in [0.2, 0.25) is 0 Å². The Morgan fingerprint density at radius 3 is 2.13 bits per heavy atom. The summed E-state index contributed by atoms with van der Waals surface area (Å²) in [6.45, 7) is 5.97. The molecule has 1 aliphatic rings. The number of aromatic nitrogens is 1. The number of nitrogens with one attached hydrogen (secondary N) is 1. The number of anilines is 1. The van der Waals surface area contributed by atoms with E-state index in [-0.39, 0.29) is 12.1 Å². The third-order valence-electron chi connectivity index (χ3n) is 7.22. The molecule has 3 aromatic carbocycles. The monoisotopic (exact) mass is 524 g/mol. The van der Waals surface area contributed by atoms with Gasteiger partial charge in [0, 0.05) is 5.56 Å². The van der Waals surface area contributed by atoms with Gasteiger partial charge in [-0.2, -0.15) is 0 Å². The smallest absolute Gasteiger partial charge is 0.412 e. The average molecular weight is 525 g/mol. The highest BCUT2D eigenvalue weighted by molar-refractivity contribution is 5.91. The molecular formula is C32H32N2O5. The number of amides is 1. The predicted molar refractivity (Wildman–Crippen MR) is 149 cm³/mol. The Bertz CT molecular complexity index is 1440. The summed E-state index contributed by atoms with van der Waals surface area (Å²) in [5.41, 5.74) is 5.33. The van der Waals surface area contributed by atoms with Crippen molar-refractivity contribution in [3.63, 3.8) is 0 Å². The summed E-state index contributed by atoms with van der Waals surface area (Å²) >= 11 is 0. The van der Waals surface area contributed by atoms with Crippen molar-refractivity contribution >= 4 is 17.7 Å². The van der Waals surface area contributed by atoms with Crippen LogP contribution in [0, 0.1) is 6.92 Å². The average Bonchev–Trinajstić information content (AvgIpc) is 3.71. The Morgan fingerprint density at radius 1 is 0.923 bits per heavy atom. The Balaban J connectivity index is 1.29. The third-order valence-corrected chi connectivity index (χ3v) is 7.22. The van der Waals surface area contributed by atoms with Crippen LogP contribution in [0.3, 0.4) is 0 Å². The Kier molecular flexibility index (Phi) is 7.50. The molecule has 200 valence electrons. The predicted octanol–water partition coefficient (Wildman–Crippen LogP) is 7.61. The standard InChI is InChI=1S/C32H32N2O5/c1-4-27(24-9-7-6-8-10-24)38-31(36)33-28-21(3)34-39-29(28)25-13-11-22(12-14-25)23-15-17-26(18-16-23)32(19-20-32)30(35)37-5-2/h6-18,27H,4-5,19-20H2,1-3H3,(H,33,36). The number of rotatable bonds is 9. The second kappa shape index (κ2) is 11.2. The first-order chi connectivity index (χ1) is 18.9. The Morgan fingerprint density at radius 2 is 1.54 bits per heavy atom. The highest BCUT2D eigenvalue weighted by Gasteiger charge is 2.52. The quantitative estimate of drug-likeness (QED) is 0.227. The first-order valence-corrected chi connectivity index (χ1v) is 13.3. The summed E-state index contributed by atoms with van der Waals surface area (Å²) < 4.78 is 16.6. The molecule has 7 nitrogen and oxygen atoms in total. The van der Waals surface area contributed by atoms with Crippen LogP contribution in [-0.2, 0) is 19.7 Å². The number of esters is 1. The lowest BCUT2D eigenvalue weighted by molar-refractivity contribution is -0.146. The topological polar surface area (TPSA) is 90.7 Å². The van der Waals surface area contributed by atoms with E-state index in [0.717, 1.165) is 40.7 Å². The van der Waals surface area contributed by atoms with E-state index in [1.807, 2.05) is 92.7 Å². The summed E-state index contributed by atoms with van der Waals surface area (Å²) in [7, 11) is 0. The zero-order chi connectivity index (χ0) is 27.4. The van der Waals surface area contributed by atoms with Crippen LogP contribution < -0.4 is 5.32 Å². The van der Waals surface area contributed by atoms with Gasteiger partial charge in [0.15, 0.2) is 5.76 Å². The summed E-state index contributed by atoms with van der Waals surface area (Å²) in [5, 5.41) is 6.89. The molecule has 1 aliphatic carbocycles. The van der Waals surface area contributed by atoms with Gasteiger partial charge in [0.05, 0.1) is 12.0 Å². The molecule has 1 aromatic heterocycles. The van der Waals surface area contributed by atoms with E-state index in [4.69, 9.17) is 14.0 Å². The highest BCUT2D eigenvalue weighted by atomic mass is 16.6. The first kappa shape index (κ1) is 26.2. The minimum atomic E-state index is -0.564.